The lowest BCUT2D eigenvalue weighted by Gasteiger charge is -2.58. The van der Waals surface area contributed by atoms with Crippen LogP contribution in [0.25, 0.3) is 0 Å². The molecule has 3 heteroatoms. The Morgan fingerprint density at radius 3 is 2.43 bits per heavy atom. The molecule has 0 aromatic carbocycles. The SMILES string of the molecule is CC12CC3CC(C1)CC(N=C=O)(C3)O2. The molecule has 14 heavy (non-hydrogen) atoms. The fourth-order valence-electron chi connectivity index (χ4n) is 4.06. The van der Waals surface area contributed by atoms with Gasteiger partial charge in [-0.2, -0.15) is 4.99 Å². The molecule has 3 nitrogen and oxygen atoms in total. The van der Waals surface area contributed by atoms with E-state index in [1.165, 1.54) is 6.42 Å². The summed E-state index contributed by atoms with van der Waals surface area (Å²) in [5, 5.41) is 0. The molecule has 2 saturated carbocycles. The van der Waals surface area contributed by atoms with E-state index in [1.807, 2.05) is 0 Å². The maximum Gasteiger partial charge on any atom is 0.237 e. The van der Waals surface area contributed by atoms with E-state index in [0.29, 0.717) is 0 Å². The maximum atomic E-state index is 10.4. The van der Waals surface area contributed by atoms with Gasteiger partial charge in [0.25, 0.3) is 0 Å². The highest BCUT2D eigenvalue weighted by Gasteiger charge is 2.57. The second-order valence-electron chi connectivity index (χ2n) is 5.49. The molecule has 2 unspecified atom stereocenters. The van der Waals surface area contributed by atoms with Crippen molar-refractivity contribution in [2.24, 2.45) is 16.8 Å². The summed E-state index contributed by atoms with van der Waals surface area (Å²) in [4.78, 5) is 14.4. The van der Waals surface area contributed by atoms with Gasteiger partial charge in [0.1, 0.15) is 0 Å². The van der Waals surface area contributed by atoms with Crippen LogP contribution in [0.3, 0.4) is 0 Å². The Hall–Kier alpha value is -0.660. The normalized spacial score (nSPS) is 54.4. The summed E-state index contributed by atoms with van der Waals surface area (Å²) in [6, 6.07) is 0. The zero-order chi connectivity index (χ0) is 9.81. The molecule has 0 amide bonds. The van der Waals surface area contributed by atoms with Crippen molar-refractivity contribution in [3.8, 4) is 0 Å². The molecule has 2 aliphatic heterocycles. The predicted molar refractivity (Wildman–Crippen MR) is 50.4 cm³/mol. The lowest BCUT2D eigenvalue weighted by Crippen LogP contribution is -2.59. The molecule has 2 aliphatic carbocycles. The van der Waals surface area contributed by atoms with Crippen LogP contribution in [0.1, 0.15) is 39.0 Å². The number of hydrogen-bond donors (Lipinski definition) is 0. The Kier molecular flexibility index (Phi) is 1.52. The highest BCUT2D eigenvalue weighted by atomic mass is 16.5. The Bertz CT molecular complexity index is 305. The van der Waals surface area contributed by atoms with Crippen LogP contribution in [0.15, 0.2) is 4.99 Å². The molecule has 4 bridgehead atoms. The van der Waals surface area contributed by atoms with Crippen molar-refractivity contribution in [3.63, 3.8) is 0 Å². The average Bonchev–Trinajstić information content (AvgIpc) is 1.97. The van der Waals surface area contributed by atoms with Gasteiger partial charge in [-0.05, 0) is 38.0 Å². The van der Waals surface area contributed by atoms with Crippen LogP contribution >= 0.6 is 0 Å². The first-order valence-electron chi connectivity index (χ1n) is 5.42. The van der Waals surface area contributed by atoms with E-state index in [1.54, 1.807) is 6.08 Å². The first-order chi connectivity index (χ1) is 6.63. The van der Waals surface area contributed by atoms with Crippen LogP contribution in [0, 0.1) is 11.8 Å². The smallest absolute Gasteiger partial charge is 0.237 e. The van der Waals surface area contributed by atoms with Crippen LogP contribution in [-0.4, -0.2) is 17.4 Å². The minimum Gasteiger partial charge on any atom is -0.347 e. The van der Waals surface area contributed by atoms with Gasteiger partial charge in [0, 0.05) is 12.8 Å². The van der Waals surface area contributed by atoms with Crippen molar-refractivity contribution < 1.29 is 9.53 Å². The summed E-state index contributed by atoms with van der Waals surface area (Å²) < 4.78 is 6.01. The van der Waals surface area contributed by atoms with Gasteiger partial charge < -0.3 is 4.74 Å². The maximum absolute atomic E-state index is 10.4. The lowest BCUT2D eigenvalue weighted by atomic mass is 9.61. The summed E-state index contributed by atoms with van der Waals surface area (Å²) in [7, 11) is 0. The Balaban J connectivity index is 2.00. The van der Waals surface area contributed by atoms with Crippen molar-refractivity contribution in [3.05, 3.63) is 0 Å². The van der Waals surface area contributed by atoms with Gasteiger partial charge in [-0.3, -0.25) is 0 Å². The standard InChI is InChI=1S/C11H15NO2/c1-10-3-8-2-9(4-10)6-11(5-8,14-10)12-7-13/h8-9H,2-6H2,1H3. The first-order valence-corrected chi connectivity index (χ1v) is 5.42. The summed E-state index contributed by atoms with van der Waals surface area (Å²) in [5.41, 5.74) is -0.495. The predicted octanol–water partition coefficient (Wildman–Crippen LogP) is 2.02. The zero-order valence-electron chi connectivity index (χ0n) is 8.45. The molecule has 76 valence electrons. The molecule has 2 atom stereocenters. The molecule has 0 aromatic heterocycles. The summed E-state index contributed by atoms with van der Waals surface area (Å²) in [5.74, 6) is 1.44. The van der Waals surface area contributed by atoms with E-state index in [2.05, 4.69) is 11.9 Å². The lowest BCUT2D eigenvalue weighted by molar-refractivity contribution is -0.263. The van der Waals surface area contributed by atoms with Crippen LogP contribution in [-0.2, 0) is 9.53 Å². The molecular formula is C11H15NO2. The molecule has 0 N–H and O–H groups in total. The van der Waals surface area contributed by atoms with Gasteiger partial charge in [-0.15, -0.1) is 0 Å². The molecule has 0 spiro atoms. The van der Waals surface area contributed by atoms with Crippen LogP contribution in [0.2, 0.25) is 0 Å². The van der Waals surface area contributed by atoms with Crippen molar-refractivity contribution in [1.82, 2.24) is 0 Å². The minimum atomic E-state index is -0.486. The van der Waals surface area contributed by atoms with Gasteiger partial charge in [0.05, 0.1) is 5.60 Å². The van der Waals surface area contributed by atoms with Crippen molar-refractivity contribution >= 4 is 6.08 Å². The second kappa shape index (κ2) is 2.47. The van der Waals surface area contributed by atoms with Crippen LogP contribution < -0.4 is 0 Å². The van der Waals surface area contributed by atoms with Gasteiger partial charge in [0.15, 0.2) is 5.72 Å². The number of rotatable bonds is 1. The van der Waals surface area contributed by atoms with Crippen LogP contribution in [0.4, 0.5) is 0 Å². The molecule has 4 rings (SSSR count). The number of ether oxygens (including phenoxy) is 1. The number of aliphatic imine (C=N–C) groups is 1. The molecule has 0 radical (unpaired) electrons. The number of nitrogens with zero attached hydrogens (tertiary/aromatic N) is 1. The second-order valence-corrected chi connectivity index (χ2v) is 5.49. The van der Waals surface area contributed by atoms with Crippen molar-refractivity contribution in [2.45, 2.75) is 50.4 Å². The van der Waals surface area contributed by atoms with Crippen molar-refractivity contribution in [1.29, 1.82) is 0 Å². The minimum absolute atomic E-state index is 0.00949. The Morgan fingerprint density at radius 2 is 1.93 bits per heavy atom. The largest absolute Gasteiger partial charge is 0.347 e. The van der Waals surface area contributed by atoms with Gasteiger partial charge in [0.2, 0.25) is 6.08 Å². The van der Waals surface area contributed by atoms with Crippen molar-refractivity contribution in [2.75, 3.05) is 0 Å². The highest BCUT2D eigenvalue weighted by Crippen LogP contribution is 2.57. The summed E-state index contributed by atoms with van der Waals surface area (Å²) >= 11 is 0. The molecular weight excluding hydrogens is 178 g/mol. The zero-order valence-corrected chi connectivity index (χ0v) is 8.45. The quantitative estimate of drug-likeness (QED) is 0.472. The molecule has 2 saturated heterocycles. The van der Waals surface area contributed by atoms with Gasteiger partial charge in [-0.25, -0.2) is 4.79 Å². The number of carbonyl (C=O) groups excluding carboxylic acids is 1. The number of hydrogen-bond acceptors (Lipinski definition) is 3. The topological polar surface area (TPSA) is 38.7 Å². The van der Waals surface area contributed by atoms with Gasteiger partial charge >= 0.3 is 0 Å². The third kappa shape index (κ3) is 1.09. The van der Waals surface area contributed by atoms with E-state index >= 15 is 0 Å². The van der Waals surface area contributed by atoms with Gasteiger partial charge in [-0.1, -0.05) is 0 Å². The van der Waals surface area contributed by atoms with Crippen LogP contribution in [0.5, 0.6) is 0 Å². The van der Waals surface area contributed by atoms with E-state index in [9.17, 15) is 4.79 Å². The fraction of sp³-hybridized carbons (Fsp3) is 0.909. The number of isocyanates is 1. The fourth-order valence-corrected chi connectivity index (χ4v) is 4.06. The third-order valence-electron chi connectivity index (χ3n) is 4.01. The molecule has 4 aliphatic rings. The third-order valence-corrected chi connectivity index (χ3v) is 4.01. The first kappa shape index (κ1) is 8.63. The molecule has 4 fully saturated rings. The molecule has 2 heterocycles. The van der Waals surface area contributed by atoms with E-state index in [0.717, 1.165) is 37.5 Å². The summed E-state index contributed by atoms with van der Waals surface area (Å²) in [6.45, 7) is 2.17. The van der Waals surface area contributed by atoms with E-state index in [-0.39, 0.29) is 5.60 Å². The summed E-state index contributed by atoms with van der Waals surface area (Å²) in [6.07, 6.45) is 7.19. The van der Waals surface area contributed by atoms with E-state index < -0.39 is 5.72 Å². The average molecular weight is 193 g/mol. The monoisotopic (exact) mass is 193 g/mol. The molecule has 0 aromatic rings. The highest BCUT2D eigenvalue weighted by molar-refractivity contribution is 5.35. The Labute approximate surface area is 83.5 Å². The van der Waals surface area contributed by atoms with E-state index in [4.69, 9.17) is 4.74 Å². The Morgan fingerprint density at radius 1 is 1.29 bits per heavy atom.